The van der Waals surface area contributed by atoms with Crippen LogP contribution in [0.15, 0.2) is 48.5 Å². The summed E-state index contributed by atoms with van der Waals surface area (Å²) in [5, 5.41) is 0.994. The third kappa shape index (κ3) is 2.55. The Bertz CT molecular complexity index is 785. The molecule has 0 saturated heterocycles. The largest absolute Gasteiger partial charge is 0.497 e. The monoisotopic (exact) mass is 279 g/mol. The van der Waals surface area contributed by atoms with Crippen LogP contribution in [0.4, 0.5) is 0 Å². The van der Waals surface area contributed by atoms with Gasteiger partial charge in [-0.15, -0.1) is 0 Å². The van der Waals surface area contributed by atoms with Gasteiger partial charge in [-0.3, -0.25) is 4.79 Å². The highest BCUT2D eigenvalue weighted by molar-refractivity contribution is 6.09. The van der Waals surface area contributed by atoms with Crippen molar-refractivity contribution in [1.29, 1.82) is 0 Å². The van der Waals surface area contributed by atoms with Crippen LogP contribution in [0.25, 0.3) is 10.9 Å². The summed E-state index contributed by atoms with van der Waals surface area (Å²) in [6.45, 7) is 1.95. The van der Waals surface area contributed by atoms with Gasteiger partial charge in [0.25, 0.3) is 0 Å². The summed E-state index contributed by atoms with van der Waals surface area (Å²) in [6.07, 6.45) is 0.396. The fourth-order valence-corrected chi connectivity index (χ4v) is 2.65. The molecule has 0 spiro atoms. The second-order valence-corrected chi connectivity index (χ2v) is 5.12. The van der Waals surface area contributed by atoms with Crippen LogP contribution in [-0.4, -0.2) is 17.9 Å². The van der Waals surface area contributed by atoms with Crippen LogP contribution in [-0.2, 0) is 6.42 Å². The van der Waals surface area contributed by atoms with E-state index in [1.165, 1.54) is 0 Å². The van der Waals surface area contributed by atoms with Crippen LogP contribution in [0.3, 0.4) is 0 Å². The maximum absolute atomic E-state index is 12.6. The predicted molar refractivity (Wildman–Crippen MR) is 84.1 cm³/mol. The molecule has 0 fully saturated rings. The summed E-state index contributed by atoms with van der Waals surface area (Å²) in [5.74, 6) is 0.935. The van der Waals surface area contributed by atoms with Crippen LogP contribution >= 0.6 is 0 Å². The van der Waals surface area contributed by atoms with E-state index in [2.05, 4.69) is 4.98 Å². The van der Waals surface area contributed by atoms with Crippen LogP contribution in [0.5, 0.6) is 5.75 Å². The Morgan fingerprint density at radius 2 is 1.81 bits per heavy atom. The van der Waals surface area contributed by atoms with Gasteiger partial charge in [-0.2, -0.15) is 0 Å². The van der Waals surface area contributed by atoms with E-state index < -0.39 is 0 Å². The first-order valence-electron chi connectivity index (χ1n) is 6.92. The number of carbonyl (C=O) groups excluding carboxylic acids is 1. The molecular formula is C18H17NO2. The van der Waals surface area contributed by atoms with Crippen LogP contribution in [0.2, 0.25) is 0 Å². The van der Waals surface area contributed by atoms with Crippen molar-refractivity contribution < 1.29 is 9.53 Å². The molecule has 1 aromatic heterocycles. The number of fused-ring (bicyclic) bond motifs is 1. The molecule has 0 unspecified atom stereocenters. The van der Waals surface area contributed by atoms with E-state index >= 15 is 0 Å². The van der Waals surface area contributed by atoms with Crippen molar-refractivity contribution in [3.8, 4) is 5.75 Å². The summed E-state index contributed by atoms with van der Waals surface area (Å²) < 4.78 is 5.13. The number of Topliss-reactive ketones (excluding diaryl/α,β-unsaturated/α-hetero) is 1. The maximum Gasteiger partial charge on any atom is 0.169 e. The average molecular weight is 279 g/mol. The quantitative estimate of drug-likeness (QED) is 0.736. The zero-order chi connectivity index (χ0) is 14.8. The molecule has 3 rings (SSSR count). The molecule has 0 aliphatic rings. The topological polar surface area (TPSA) is 42.1 Å². The molecule has 0 amide bonds. The van der Waals surface area contributed by atoms with Gasteiger partial charge in [-0.25, -0.2) is 0 Å². The Balaban J connectivity index is 1.91. The number of nitrogens with one attached hydrogen (secondary N) is 1. The Hall–Kier alpha value is -2.55. The van der Waals surface area contributed by atoms with Gasteiger partial charge in [0.1, 0.15) is 5.75 Å². The number of ether oxygens (including phenoxy) is 1. The number of aromatic amines is 1. The van der Waals surface area contributed by atoms with Gasteiger partial charge < -0.3 is 9.72 Å². The third-order valence-corrected chi connectivity index (χ3v) is 3.70. The number of hydrogen-bond acceptors (Lipinski definition) is 2. The Morgan fingerprint density at radius 3 is 2.52 bits per heavy atom. The molecular weight excluding hydrogens is 262 g/mol. The van der Waals surface area contributed by atoms with Crippen molar-refractivity contribution in [3.05, 3.63) is 65.4 Å². The fraction of sp³-hybridized carbons (Fsp3) is 0.167. The molecule has 3 heteroatoms. The van der Waals surface area contributed by atoms with E-state index in [9.17, 15) is 4.79 Å². The number of carbonyl (C=O) groups is 1. The van der Waals surface area contributed by atoms with Gasteiger partial charge in [0.15, 0.2) is 5.78 Å². The smallest absolute Gasteiger partial charge is 0.169 e. The molecule has 3 aromatic rings. The van der Waals surface area contributed by atoms with Crippen molar-refractivity contribution >= 4 is 16.7 Å². The first-order valence-corrected chi connectivity index (χ1v) is 6.92. The summed E-state index contributed by atoms with van der Waals surface area (Å²) in [6, 6.07) is 15.5. The van der Waals surface area contributed by atoms with E-state index in [0.29, 0.717) is 6.42 Å². The number of H-pyrrole nitrogens is 1. The first-order chi connectivity index (χ1) is 10.2. The lowest BCUT2D eigenvalue weighted by atomic mass is 10.0. The number of para-hydroxylation sites is 1. The molecule has 3 nitrogen and oxygen atoms in total. The van der Waals surface area contributed by atoms with E-state index in [4.69, 9.17) is 4.74 Å². The molecule has 106 valence electrons. The lowest BCUT2D eigenvalue weighted by Gasteiger charge is -2.04. The fourth-order valence-electron chi connectivity index (χ4n) is 2.65. The van der Waals surface area contributed by atoms with Gasteiger partial charge >= 0.3 is 0 Å². The standard InChI is InChI=1S/C18H17NO2/c1-12-18(15-5-3-4-6-16(15)19-12)17(20)11-13-7-9-14(21-2)10-8-13/h3-10,19H,11H2,1-2H3. The highest BCUT2D eigenvalue weighted by atomic mass is 16.5. The number of ketones is 1. The van der Waals surface area contributed by atoms with E-state index in [1.54, 1.807) is 7.11 Å². The Morgan fingerprint density at radius 1 is 1.10 bits per heavy atom. The van der Waals surface area contributed by atoms with Crippen molar-refractivity contribution in [1.82, 2.24) is 4.98 Å². The van der Waals surface area contributed by atoms with E-state index in [0.717, 1.165) is 33.5 Å². The highest BCUT2D eigenvalue weighted by Gasteiger charge is 2.16. The van der Waals surface area contributed by atoms with Gasteiger partial charge in [-0.05, 0) is 30.7 Å². The molecule has 0 saturated carbocycles. The number of aryl methyl sites for hydroxylation is 1. The van der Waals surface area contributed by atoms with Crippen LogP contribution in [0, 0.1) is 6.92 Å². The number of benzene rings is 2. The molecule has 0 radical (unpaired) electrons. The predicted octanol–water partition coefficient (Wildman–Crippen LogP) is 3.91. The SMILES string of the molecule is COc1ccc(CC(=O)c2c(C)[nH]c3ccccc23)cc1. The Kier molecular flexibility index (Phi) is 3.48. The van der Waals surface area contributed by atoms with Gasteiger partial charge in [0.2, 0.25) is 0 Å². The second kappa shape index (κ2) is 5.44. The minimum Gasteiger partial charge on any atom is -0.497 e. The molecule has 1 N–H and O–H groups in total. The van der Waals surface area contributed by atoms with Gasteiger partial charge in [-0.1, -0.05) is 30.3 Å². The van der Waals surface area contributed by atoms with Crippen LogP contribution in [0.1, 0.15) is 21.6 Å². The number of aromatic nitrogens is 1. The number of rotatable bonds is 4. The molecule has 0 atom stereocenters. The minimum absolute atomic E-state index is 0.134. The van der Waals surface area contributed by atoms with E-state index in [1.807, 2.05) is 55.5 Å². The van der Waals surface area contributed by atoms with Crippen molar-refractivity contribution in [2.75, 3.05) is 7.11 Å². The van der Waals surface area contributed by atoms with Gasteiger partial charge in [0.05, 0.1) is 7.11 Å². The minimum atomic E-state index is 0.134. The summed E-state index contributed by atoms with van der Waals surface area (Å²) >= 11 is 0. The molecule has 2 aromatic carbocycles. The van der Waals surface area contributed by atoms with Gasteiger partial charge in [0, 0.05) is 28.6 Å². The second-order valence-electron chi connectivity index (χ2n) is 5.12. The number of methoxy groups -OCH3 is 1. The normalized spacial score (nSPS) is 10.8. The average Bonchev–Trinajstić information content (AvgIpc) is 2.83. The van der Waals surface area contributed by atoms with Crippen molar-refractivity contribution in [2.24, 2.45) is 0 Å². The third-order valence-electron chi connectivity index (χ3n) is 3.70. The molecule has 0 aliphatic carbocycles. The molecule has 0 aliphatic heterocycles. The molecule has 1 heterocycles. The van der Waals surface area contributed by atoms with Crippen LogP contribution < -0.4 is 4.74 Å². The lowest BCUT2D eigenvalue weighted by molar-refractivity contribution is 0.0994. The summed E-state index contributed by atoms with van der Waals surface area (Å²) in [4.78, 5) is 15.9. The summed E-state index contributed by atoms with van der Waals surface area (Å²) in [5.41, 5.74) is 3.72. The lowest BCUT2D eigenvalue weighted by Crippen LogP contribution is -2.04. The zero-order valence-corrected chi connectivity index (χ0v) is 12.1. The first kappa shape index (κ1) is 13.4. The zero-order valence-electron chi connectivity index (χ0n) is 12.1. The van der Waals surface area contributed by atoms with E-state index in [-0.39, 0.29) is 5.78 Å². The highest BCUT2D eigenvalue weighted by Crippen LogP contribution is 2.23. The maximum atomic E-state index is 12.6. The van der Waals surface area contributed by atoms with Crippen molar-refractivity contribution in [2.45, 2.75) is 13.3 Å². The number of hydrogen-bond donors (Lipinski definition) is 1. The Labute approximate surface area is 123 Å². The summed E-state index contributed by atoms with van der Waals surface area (Å²) in [7, 11) is 1.63. The molecule has 21 heavy (non-hydrogen) atoms. The molecule has 0 bridgehead atoms. The van der Waals surface area contributed by atoms with Crippen molar-refractivity contribution in [3.63, 3.8) is 0 Å².